The lowest BCUT2D eigenvalue weighted by Gasteiger charge is -2.42. The fourth-order valence-electron chi connectivity index (χ4n) is 10.3. The van der Waals surface area contributed by atoms with Crippen LogP contribution in [0.1, 0.15) is 276 Å². The maximum Gasteiger partial charge on any atom is 0.220 e. The Morgan fingerprint density at radius 1 is 0.549 bits per heavy atom. The van der Waals surface area contributed by atoms with Crippen molar-refractivity contribution in [1.29, 1.82) is 0 Å². The van der Waals surface area contributed by atoms with Gasteiger partial charge in [-0.25, -0.2) is 0 Å². The van der Waals surface area contributed by atoms with E-state index in [0.29, 0.717) is 19.4 Å². The summed E-state index contributed by atoms with van der Waals surface area (Å²) in [5.74, 6) is -0.227. The van der Waals surface area contributed by atoms with E-state index in [4.69, 9.17) is 14.2 Å². The lowest BCUT2D eigenvalue weighted by atomic mass is 9.98. The number of nitrogens with one attached hydrogen (secondary N) is 1. The Hall–Kier alpha value is -1.63. The molecule has 1 aromatic rings. The molecule has 71 heavy (non-hydrogen) atoms. The van der Waals surface area contributed by atoms with Crippen LogP contribution in [0.4, 0.5) is 0 Å². The molecule has 0 bridgehead atoms. The minimum atomic E-state index is -1.49. The van der Waals surface area contributed by atoms with E-state index in [-0.39, 0.29) is 12.5 Å². The number of ether oxygens (including phenoxy) is 3. The minimum Gasteiger partial charge on any atom is -0.394 e. The number of carbonyl (C=O) groups is 1. The molecule has 1 fully saturated rings. The molecule has 0 unspecified atom stereocenters. The van der Waals surface area contributed by atoms with Crippen molar-refractivity contribution in [3.8, 4) is 0 Å². The Balaban J connectivity index is 1.70. The SMILES string of the molecule is CCCCCCCCCCCCCCCCCCCCCCCCCC(=O)N[C@@H](CO[C@H]1O[C@H](CO)[C@H](OCCCCCc2ccccc2)[C@H](O)[C@H]1O)[C@H](O)[C@H](O)CCCCCCCCCCCCCC. The molecule has 6 N–H and O–H groups in total. The smallest absolute Gasteiger partial charge is 0.220 e. The number of aryl methyl sites for hydroxylation is 1. The largest absolute Gasteiger partial charge is 0.394 e. The number of unbranched alkanes of at least 4 members (excludes halogenated alkanes) is 35. The van der Waals surface area contributed by atoms with E-state index in [0.717, 1.165) is 64.2 Å². The van der Waals surface area contributed by atoms with Gasteiger partial charge in [0.05, 0.1) is 25.4 Å². The molecule has 1 saturated heterocycles. The summed E-state index contributed by atoms with van der Waals surface area (Å²) in [6, 6.07) is 9.34. The molecule has 10 heteroatoms. The van der Waals surface area contributed by atoms with Crippen molar-refractivity contribution in [1.82, 2.24) is 5.32 Å². The van der Waals surface area contributed by atoms with E-state index in [2.05, 4.69) is 31.3 Å². The van der Waals surface area contributed by atoms with Crippen molar-refractivity contribution in [2.45, 2.75) is 326 Å². The van der Waals surface area contributed by atoms with Crippen LogP contribution >= 0.6 is 0 Å². The highest BCUT2D eigenvalue weighted by molar-refractivity contribution is 5.76. The molecule has 8 atom stereocenters. The predicted octanol–water partition coefficient (Wildman–Crippen LogP) is 13.9. The van der Waals surface area contributed by atoms with E-state index in [1.54, 1.807) is 0 Å². The van der Waals surface area contributed by atoms with Gasteiger partial charge in [-0.3, -0.25) is 4.79 Å². The number of hydrogen-bond acceptors (Lipinski definition) is 9. The minimum absolute atomic E-state index is 0.227. The highest BCUT2D eigenvalue weighted by Gasteiger charge is 2.46. The number of aliphatic hydroxyl groups is 5. The first-order valence-corrected chi connectivity index (χ1v) is 30.4. The van der Waals surface area contributed by atoms with Crippen molar-refractivity contribution in [3.05, 3.63) is 35.9 Å². The Kier molecular flexibility index (Phi) is 43.2. The summed E-state index contributed by atoms with van der Waals surface area (Å²) < 4.78 is 17.8. The molecule has 0 saturated carbocycles. The van der Waals surface area contributed by atoms with Crippen LogP contribution in [-0.4, -0.2) is 100 Å². The molecule has 1 aliphatic rings. The molecular formula is C61H113NO9. The van der Waals surface area contributed by atoms with E-state index in [1.165, 1.54) is 192 Å². The Labute approximate surface area is 436 Å². The molecule has 1 aliphatic heterocycles. The fourth-order valence-corrected chi connectivity index (χ4v) is 10.3. The van der Waals surface area contributed by atoms with E-state index in [1.807, 2.05) is 18.2 Å². The van der Waals surface area contributed by atoms with Gasteiger partial charge in [-0.05, 0) is 37.7 Å². The molecule has 0 aromatic heterocycles. The summed E-state index contributed by atoms with van der Waals surface area (Å²) in [6.45, 7) is 4.15. The Morgan fingerprint density at radius 2 is 0.972 bits per heavy atom. The van der Waals surface area contributed by atoms with Gasteiger partial charge in [-0.1, -0.05) is 269 Å². The highest BCUT2D eigenvalue weighted by atomic mass is 16.7. The third-order valence-electron chi connectivity index (χ3n) is 15.0. The van der Waals surface area contributed by atoms with Crippen molar-refractivity contribution in [2.75, 3.05) is 19.8 Å². The zero-order valence-corrected chi connectivity index (χ0v) is 46.0. The number of carbonyl (C=O) groups excluding carboxylic acids is 1. The van der Waals surface area contributed by atoms with Crippen molar-refractivity contribution in [3.63, 3.8) is 0 Å². The van der Waals surface area contributed by atoms with Gasteiger partial charge in [0, 0.05) is 13.0 Å². The first-order valence-electron chi connectivity index (χ1n) is 30.4. The molecule has 1 amide bonds. The zero-order chi connectivity index (χ0) is 51.3. The van der Waals surface area contributed by atoms with Crippen molar-refractivity contribution >= 4 is 5.91 Å². The first-order chi connectivity index (χ1) is 34.8. The van der Waals surface area contributed by atoms with E-state index >= 15 is 0 Å². The van der Waals surface area contributed by atoms with Crippen LogP contribution in [0.2, 0.25) is 0 Å². The number of benzene rings is 1. The van der Waals surface area contributed by atoms with Crippen LogP contribution in [0.3, 0.4) is 0 Å². The van der Waals surface area contributed by atoms with Gasteiger partial charge in [-0.2, -0.15) is 0 Å². The lowest BCUT2D eigenvalue weighted by molar-refractivity contribution is -0.309. The molecule has 0 aliphatic carbocycles. The molecular weight excluding hydrogens is 891 g/mol. The standard InChI is InChI=1S/C61H113NO9/c1-3-5-7-9-11-13-15-17-18-19-20-21-22-23-24-25-26-27-29-31-33-35-42-48-56(65)62-53(57(66)54(64)47-41-34-32-30-28-16-14-12-10-8-6-4-2)51-70-61-59(68)58(67)60(55(50-63)71-61)69-49-43-37-40-46-52-44-38-36-39-45-52/h36,38-39,44-45,53-55,57-61,63-64,66-68H,3-35,37,40-43,46-51H2,1-2H3,(H,62,65)/t53-,54+,55+,57-,58+,59+,60-,61-/m0/s1. The fraction of sp³-hybridized carbons (Fsp3) is 0.885. The summed E-state index contributed by atoms with van der Waals surface area (Å²) in [4.78, 5) is 13.3. The summed E-state index contributed by atoms with van der Waals surface area (Å²) >= 11 is 0. The van der Waals surface area contributed by atoms with Crippen LogP contribution in [0, 0.1) is 0 Å². The number of rotatable bonds is 51. The molecule has 10 nitrogen and oxygen atoms in total. The number of amides is 1. The second kappa shape index (κ2) is 46.9. The zero-order valence-electron chi connectivity index (χ0n) is 46.0. The predicted molar refractivity (Wildman–Crippen MR) is 294 cm³/mol. The van der Waals surface area contributed by atoms with Crippen LogP contribution in [-0.2, 0) is 25.4 Å². The quantitative estimate of drug-likeness (QED) is 0.0350. The molecule has 0 spiro atoms. The molecule has 1 heterocycles. The van der Waals surface area contributed by atoms with Crippen LogP contribution in [0.25, 0.3) is 0 Å². The van der Waals surface area contributed by atoms with Crippen LogP contribution in [0.5, 0.6) is 0 Å². The number of hydrogen-bond donors (Lipinski definition) is 6. The maximum absolute atomic E-state index is 13.3. The van der Waals surface area contributed by atoms with Gasteiger partial charge < -0.3 is 45.1 Å². The molecule has 0 radical (unpaired) electrons. The second-order valence-corrected chi connectivity index (χ2v) is 21.6. The molecule has 2 rings (SSSR count). The van der Waals surface area contributed by atoms with Gasteiger partial charge in [-0.15, -0.1) is 0 Å². The third kappa shape index (κ3) is 34.5. The summed E-state index contributed by atoms with van der Waals surface area (Å²) in [5, 5.41) is 57.9. The van der Waals surface area contributed by atoms with Crippen molar-refractivity contribution in [2.24, 2.45) is 0 Å². The average molecular weight is 1000 g/mol. The lowest BCUT2D eigenvalue weighted by Crippen LogP contribution is -2.61. The van der Waals surface area contributed by atoms with Gasteiger partial charge >= 0.3 is 0 Å². The Morgan fingerprint density at radius 3 is 1.42 bits per heavy atom. The summed E-state index contributed by atoms with van der Waals surface area (Å²) in [5.41, 5.74) is 1.29. The third-order valence-corrected chi connectivity index (χ3v) is 15.0. The first kappa shape index (κ1) is 65.5. The normalized spacial score (nSPS) is 19.5. The number of aliphatic hydroxyl groups excluding tert-OH is 5. The van der Waals surface area contributed by atoms with E-state index in [9.17, 15) is 30.3 Å². The van der Waals surface area contributed by atoms with Gasteiger partial charge in [0.15, 0.2) is 6.29 Å². The Bertz CT molecular complexity index is 1290. The topological polar surface area (TPSA) is 158 Å². The van der Waals surface area contributed by atoms with E-state index < -0.39 is 55.6 Å². The van der Waals surface area contributed by atoms with Crippen LogP contribution < -0.4 is 5.32 Å². The molecule has 1 aromatic carbocycles. The molecule has 416 valence electrons. The van der Waals surface area contributed by atoms with Gasteiger partial charge in [0.1, 0.15) is 30.5 Å². The highest BCUT2D eigenvalue weighted by Crippen LogP contribution is 2.26. The average Bonchev–Trinajstić information content (AvgIpc) is 3.38. The maximum atomic E-state index is 13.3. The second-order valence-electron chi connectivity index (χ2n) is 21.6. The van der Waals surface area contributed by atoms with Gasteiger partial charge in [0.25, 0.3) is 0 Å². The van der Waals surface area contributed by atoms with Crippen molar-refractivity contribution < 1.29 is 44.5 Å². The monoisotopic (exact) mass is 1000 g/mol. The van der Waals surface area contributed by atoms with Gasteiger partial charge in [0.2, 0.25) is 5.91 Å². The van der Waals surface area contributed by atoms with Crippen LogP contribution in [0.15, 0.2) is 30.3 Å². The summed E-state index contributed by atoms with van der Waals surface area (Å²) in [6.07, 6.45) is 40.4. The summed E-state index contributed by atoms with van der Waals surface area (Å²) in [7, 11) is 0.